The zero-order chi connectivity index (χ0) is 16.8. The number of amides is 1. The summed E-state index contributed by atoms with van der Waals surface area (Å²) in [7, 11) is 1.25. The number of halogens is 1. The lowest BCUT2D eigenvalue weighted by Gasteiger charge is -2.06. The molecule has 122 valence electrons. The molecule has 0 unspecified atom stereocenters. The van der Waals surface area contributed by atoms with Crippen molar-refractivity contribution in [3.05, 3.63) is 52.4 Å². The maximum atomic E-state index is 11.8. The van der Waals surface area contributed by atoms with E-state index >= 15 is 0 Å². The summed E-state index contributed by atoms with van der Waals surface area (Å²) < 4.78 is 15.4. The summed E-state index contributed by atoms with van der Waals surface area (Å²) in [6.07, 6.45) is 0. The van der Waals surface area contributed by atoms with Gasteiger partial charge in [-0.25, -0.2) is 0 Å². The summed E-state index contributed by atoms with van der Waals surface area (Å²) in [6, 6.07) is 8.46. The number of hydrogen-bond donors (Lipinski definition) is 1. The maximum absolute atomic E-state index is 11.8. The molecular weight excluding hydrogens is 322 g/mol. The molecule has 23 heavy (non-hydrogen) atoms. The summed E-state index contributed by atoms with van der Waals surface area (Å²) in [6.45, 7) is 1.84. The molecule has 0 radical (unpaired) electrons. The van der Waals surface area contributed by atoms with Gasteiger partial charge >= 0.3 is 5.97 Å². The Kier molecular flexibility index (Phi) is 5.65. The van der Waals surface area contributed by atoms with E-state index in [4.69, 9.17) is 20.8 Å². The zero-order valence-electron chi connectivity index (χ0n) is 12.7. The Labute approximate surface area is 138 Å². The van der Waals surface area contributed by atoms with Crippen LogP contribution in [-0.4, -0.2) is 25.5 Å². The molecule has 6 nitrogen and oxygen atoms in total. The fourth-order valence-electron chi connectivity index (χ4n) is 1.75. The van der Waals surface area contributed by atoms with Crippen LogP contribution in [0.25, 0.3) is 0 Å². The topological polar surface area (TPSA) is 77.8 Å². The van der Waals surface area contributed by atoms with Crippen LogP contribution >= 0.6 is 11.6 Å². The van der Waals surface area contributed by atoms with E-state index in [0.717, 1.165) is 5.56 Å². The number of nitrogens with one attached hydrogen (secondary N) is 1. The third kappa shape index (κ3) is 4.75. The van der Waals surface area contributed by atoms with Crippen molar-refractivity contribution >= 4 is 23.5 Å². The SMILES string of the molecule is COC(=O)CNC(=O)c1ccc(COc2ccc(Cl)c(C)c2)o1. The van der Waals surface area contributed by atoms with Crippen LogP contribution < -0.4 is 10.1 Å². The van der Waals surface area contributed by atoms with Crippen molar-refractivity contribution in [2.45, 2.75) is 13.5 Å². The van der Waals surface area contributed by atoms with Crippen LogP contribution in [-0.2, 0) is 16.1 Å². The number of hydrogen-bond acceptors (Lipinski definition) is 5. The van der Waals surface area contributed by atoms with Crippen molar-refractivity contribution in [3.8, 4) is 5.75 Å². The number of esters is 1. The van der Waals surface area contributed by atoms with E-state index in [9.17, 15) is 9.59 Å². The van der Waals surface area contributed by atoms with Gasteiger partial charge in [-0.05, 0) is 42.8 Å². The standard InChI is InChI=1S/C16H16ClNO5/c1-10-7-11(3-5-13(10)17)22-9-12-4-6-14(23-12)16(20)18-8-15(19)21-2/h3-7H,8-9H2,1-2H3,(H,18,20). The monoisotopic (exact) mass is 337 g/mol. The molecule has 0 aliphatic heterocycles. The lowest BCUT2D eigenvalue weighted by Crippen LogP contribution is -2.29. The quantitative estimate of drug-likeness (QED) is 0.820. The highest BCUT2D eigenvalue weighted by atomic mass is 35.5. The molecule has 1 heterocycles. The summed E-state index contributed by atoms with van der Waals surface area (Å²) in [4.78, 5) is 22.7. The zero-order valence-corrected chi connectivity index (χ0v) is 13.5. The van der Waals surface area contributed by atoms with E-state index in [-0.39, 0.29) is 18.9 Å². The molecule has 0 saturated heterocycles. The van der Waals surface area contributed by atoms with Crippen LogP contribution in [0.1, 0.15) is 21.9 Å². The van der Waals surface area contributed by atoms with Gasteiger partial charge in [0.1, 0.15) is 24.7 Å². The molecule has 0 atom stereocenters. The van der Waals surface area contributed by atoms with E-state index in [1.807, 2.05) is 13.0 Å². The summed E-state index contributed by atoms with van der Waals surface area (Å²) >= 11 is 5.95. The summed E-state index contributed by atoms with van der Waals surface area (Å²) in [5.41, 5.74) is 0.909. The first-order valence-corrected chi connectivity index (χ1v) is 7.20. The Hall–Kier alpha value is -2.47. The number of furan rings is 1. The second kappa shape index (κ2) is 7.69. The minimum Gasteiger partial charge on any atom is -0.486 e. The van der Waals surface area contributed by atoms with Crippen molar-refractivity contribution in [2.24, 2.45) is 0 Å². The van der Waals surface area contributed by atoms with E-state index < -0.39 is 11.9 Å². The lowest BCUT2D eigenvalue weighted by atomic mass is 10.2. The van der Waals surface area contributed by atoms with Gasteiger partial charge in [-0.15, -0.1) is 0 Å². The first kappa shape index (κ1) is 16.9. The van der Waals surface area contributed by atoms with E-state index in [2.05, 4.69) is 10.1 Å². The molecule has 1 amide bonds. The van der Waals surface area contributed by atoms with Gasteiger partial charge < -0.3 is 19.2 Å². The Morgan fingerprint density at radius 1 is 1.26 bits per heavy atom. The van der Waals surface area contributed by atoms with Crippen LogP contribution in [0.4, 0.5) is 0 Å². The van der Waals surface area contributed by atoms with Gasteiger partial charge in [0.2, 0.25) is 0 Å². The Morgan fingerprint density at radius 2 is 2.04 bits per heavy atom. The maximum Gasteiger partial charge on any atom is 0.325 e. The van der Waals surface area contributed by atoms with E-state index in [0.29, 0.717) is 16.5 Å². The average molecular weight is 338 g/mol. The van der Waals surface area contributed by atoms with Crippen molar-refractivity contribution in [3.63, 3.8) is 0 Å². The van der Waals surface area contributed by atoms with Crippen LogP contribution in [0, 0.1) is 6.92 Å². The van der Waals surface area contributed by atoms with Crippen LogP contribution in [0.5, 0.6) is 5.75 Å². The Balaban J connectivity index is 1.90. The van der Waals surface area contributed by atoms with Gasteiger partial charge in [0, 0.05) is 5.02 Å². The van der Waals surface area contributed by atoms with Gasteiger partial charge in [0.05, 0.1) is 7.11 Å². The van der Waals surface area contributed by atoms with Gasteiger partial charge in [-0.3, -0.25) is 9.59 Å². The molecule has 0 bridgehead atoms. The smallest absolute Gasteiger partial charge is 0.325 e. The highest BCUT2D eigenvalue weighted by Crippen LogP contribution is 2.22. The number of rotatable bonds is 6. The van der Waals surface area contributed by atoms with Gasteiger partial charge in [-0.2, -0.15) is 0 Å². The lowest BCUT2D eigenvalue weighted by molar-refractivity contribution is -0.139. The van der Waals surface area contributed by atoms with Crippen molar-refractivity contribution in [1.29, 1.82) is 0 Å². The molecule has 0 saturated carbocycles. The molecule has 1 aromatic carbocycles. The summed E-state index contributed by atoms with van der Waals surface area (Å²) in [5.74, 6) is 0.205. The summed E-state index contributed by atoms with van der Waals surface area (Å²) in [5, 5.41) is 3.05. The third-order valence-electron chi connectivity index (χ3n) is 3.02. The highest BCUT2D eigenvalue weighted by Gasteiger charge is 2.13. The Bertz CT molecular complexity index is 710. The van der Waals surface area contributed by atoms with Crippen molar-refractivity contribution in [1.82, 2.24) is 5.32 Å². The molecule has 0 aliphatic rings. The van der Waals surface area contributed by atoms with Crippen LogP contribution in [0.15, 0.2) is 34.7 Å². The molecular formula is C16H16ClNO5. The number of benzene rings is 1. The molecule has 0 aliphatic carbocycles. The van der Waals surface area contributed by atoms with Gasteiger partial charge in [0.15, 0.2) is 5.76 Å². The third-order valence-corrected chi connectivity index (χ3v) is 3.44. The van der Waals surface area contributed by atoms with Crippen LogP contribution in [0.2, 0.25) is 5.02 Å². The molecule has 7 heteroatoms. The second-order valence-electron chi connectivity index (χ2n) is 4.72. The number of aryl methyl sites for hydroxylation is 1. The minimum atomic E-state index is -0.536. The minimum absolute atomic E-state index is 0.0970. The van der Waals surface area contributed by atoms with Gasteiger partial charge in [-0.1, -0.05) is 11.6 Å². The van der Waals surface area contributed by atoms with Crippen molar-refractivity contribution in [2.75, 3.05) is 13.7 Å². The number of methoxy groups -OCH3 is 1. The Morgan fingerprint density at radius 3 is 2.74 bits per heavy atom. The predicted octanol–water partition coefficient (Wildman–Crippen LogP) is 2.72. The first-order chi connectivity index (χ1) is 11.0. The number of ether oxygens (including phenoxy) is 2. The largest absolute Gasteiger partial charge is 0.486 e. The fraction of sp³-hybridized carbons (Fsp3) is 0.250. The van der Waals surface area contributed by atoms with Gasteiger partial charge in [0.25, 0.3) is 5.91 Å². The molecule has 0 fully saturated rings. The molecule has 1 aromatic heterocycles. The highest BCUT2D eigenvalue weighted by molar-refractivity contribution is 6.31. The van der Waals surface area contributed by atoms with Crippen LogP contribution in [0.3, 0.4) is 0 Å². The van der Waals surface area contributed by atoms with E-state index in [1.54, 1.807) is 18.2 Å². The molecule has 1 N–H and O–H groups in total. The fourth-order valence-corrected chi connectivity index (χ4v) is 1.87. The number of carbonyl (C=O) groups is 2. The molecule has 2 aromatic rings. The first-order valence-electron chi connectivity index (χ1n) is 6.82. The normalized spacial score (nSPS) is 10.2. The van der Waals surface area contributed by atoms with Crippen molar-refractivity contribution < 1.29 is 23.5 Å². The average Bonchev–Trinajstić information content (AvgIpc) is 3.02. The predicted molar refractivity (Wildman–Crippen MR) is 83.6 cm³/mol. The second-order valence-corrected chi connectivity index (χ2v) is 5.13. The number of carbonyl (C=O) groups excluding carboxylic acids is 2. The molecule has 0 spiro atoms. The van der Waals surface area contributed by atoms with E-state index in [1.165, 1.54) is 13.2 Å². The molecule has 2 rings (SSSR count).